The Morgan fingerprint density at radius 2 is 1.22 bits per heavy atom. The van der Waals surface area contributed by atoms with E-state index in [9.17, 15) is 19.2 Å². The van der Waals surface area contributed by atoms with Gasteiger partial charge >= 0.3 is 18.0 Å². The summed E-state index contributed by atoms with van der Waals surface area (Å²) < 4.78 is 14.0. The Bertz CT molecular complexity index is 764. The molecule has 2 N–H and O–H groups in total. The first-order chi connectivity index (χ1) is 17.1. The lowest BCUT2D eigenvalue weighted by atomic mass is 9.82. The maximum Gasteiger partial charge on any atom is 0.407 e. The number of ether oxygens (including phenoxy) is 3. The highest BCUT2D eigenvalue weighted by Gasteiger charge is 2.48. The fourth-order valence-corrected chi connectivity index (χ4v) is 5.11. The first-order valence-corrected chi connectivity index (χ1v) is 12.9. The molecule has 0 aromatic heterocycles. The number of fused-ring (bicyclic) bond motifs is 5. The third-order valence-corrected chi connectivity index (χ3v) is 6.64. The van der Waals surface area contributed by atoms with Crippen LogP contribution in [0.4, 0.5) is 4.79 Å². The molecule has 0 aliphatic heterocycles. The van der Waals surface area contributed by atoms with E-state index >= 15 is 0 Å². The highest BCUT2D eigenvalue weighted by molar-refractivity contribution is 5.87. The van der Waals surface area contributed by atoms with Gasteiger partial charge in [0.2, 0.25) is 5.91 Å². The molecule has 0 aromatic carbocycles. The smallest absolute Gasteiger partial charge is 0.407 e. The molecule has 2 amide bonds. The number of esters is 2. The fraction of sp³-hybridized carbons (Fsp3) is 0.704. The molecule has 3 rings (SSSR count). The van der Waals surface area contributed by atoms with Gasteiger partial charge in [0.15, 0.2) is 0 Å². The summed E-state index contributed by atoms with van der Waals surface area (Å²) in [6, 6.07) is 0. The first-order valence-electron chi connectivity index (χ1n) is 12.9. The molecule has 9 nitrogen and oxygen atoms in total. The predicted molar refractivity (Wildman–Crippen MR) is 137 cm³/mol. The largest absolute Gasteiger partial charge is 0.460 e. The normalized spacial score (nSPS) is 22.4. The van der Waals surface area contributed by atoms with Crippen LogP contribution in [0.1, 0.15) is 66.2 Å². The quantitative estimate of drug-likeness (QED) is 0.210. The van der Waals surface area contributed by atoms with E-state index in [-0.39, 0.29) is 25.7 Å². The number of amides is 2. The average molecular weight is 509 g/mol. The number of hydrogen-bond acceptors (Lipinski definition) is 7. The van der Waals surface area contributed by atoms with E-state index in [4.69, 9.17) is 9.47 Å². The van der Waals surface area contributed by atoms with E-state index in [2.05, 4.69) is 28.5 Å². The van der Waals surface area contributed by atoms with Gasteiger partial charge in [-0.05, 0) is 76.5 Å². The van der Waals surface area contributed by atoms with Crippen LogP contribution >= 0.6 is 0 Å². The van der Waals surface area contributed by atoms with Crippen molar-refractivity contribution in [1.82, 2.24) is 10.6 Å². The molecular formula is C27H44N2O7. The molecule has 0 saturated heterocycles. The van der Waals surface area contributed by atoms with E-state index in [1.165, 1.54) is 30.6 Å². The van der Waals surface area contributed by atoms with Crippen LogP contribution in [0, 0.1) is 23.7 Å². The van der Waals surface area contributed by atoms with Crippen LogP contribution < -0.4 is 10.6 Å². The maximum atomic E-state index is 10.8. The fourth-order valence-electron chi connectivity index (χ4n) is 5.11. The zero-order valence-corrected chi connectivity index (χ0v) is 22.4. The van der Waals surface area contributed by atoms with Gasteiger partial charge in [0.05, 0.1) is 19.7 Å². The van der Waals surface area contributed by atoms with Gasteiger partial charge in [0.1, 0.15) is 13.2 Å². The number of nitrogens with one attached hydrogen (secondary N) is 2. The molecule has 4 unspecified atom stereocenters. The van der Waals surface area contributed by atoms with Crippen LogP contribution in [0.2, 0.25) is 0 Å². The van der Waals surface area contributed by atoms with Gasteiger partial charge in [0.25, 0.3) is 0 Å². The summed E-state index contributed by atoms with van der Waals surface area (Å²) in [6.45, 7) is 14.3. The van der Waals surface area contributed by atoms with Crippen molar-refractivity contribution in [2.75, 3.05) is 32.9 Å². The van der Waals surface area contributed by atoms with Crippen LogP contribution in [0.3, 0.4) is 0 Å². The summed E-state index contributed by atoms with van der Waals surface area (Å²) in [6.07, 6.45) is 9.02. The number of alkyl carbamates (subject to hydrolysis) is 1. The summed E-state index contributed by atoms with van der Waals surface area (Å²) in [5.74, 6) is 3.77. The second-order valence-electron chi connectivity index (χ2n) is 9.55. The van der Waals surface area contributed by atoms with Gasteiger partial charge in [-0.15, -0.1) is 0 Å². The Hall–Kier alpha value is -2.84. The molecule has 3 aliphatic carbocycles. The second-order valence-corrected chi connectivity index (χ2v) is 9.55. The highest BCUT2D eigenvalue weighted by atomic mass is 16.6. The molecule has 9 heteroatoms. The zero-order chi connectivity index (χ0) is 27.1. The van der Waals surface area contributed by atoms with E-state index in [1.54, 1.807) is 59.3 Å². The van der Waals surface area contributed by atoms with Crippen molar-refractivity contribution in [3.63, 3.8) is 0 Å². The van der Waals surface area contributed by atoms with Crippen molar-refractivity contribution >= 4 is 23.9 Å². The van der Waals surface area contributed by atoms with Gasteiger partial charge in [-0.25, -0.2) is 14.4 Å². The van der Waals surface area contributed by atoms with Gasteiger partial charge in [0, 0.05) is 18.1 Å². The molecular weight excluding hydrogens is 464 g/mol. The van der Waals surface area contributed by atoms with Crippen LogP contribution in [0.15, 0.2) is 24.3 Å². The molecule has 36 heavy (non-hydrogen) atoms. The molecule has 0 heterocycles. The molecule has 3 aliphatic rings. The Balaban J connectivity index is 0.000000272. The lowest BCUT2D eigenvalue weighted by molar-refractivity contribution is -0.139. The van der Waals surface area contributed by atoms with Crippen molar-refractivity contribution in [2.45, 2.75) is 66.2 Å². The topological polar surface area (TPSA) is 120 Å². The Kier molecular flexibility index (Phi) is 14.5. The minimum Gasteiger partial charge on any atom is -0.460 e. The second kappa shape index (κ2) is 16.8. The van der Waals surface area contributed by atoms with Gasteiger partial charge in [-0.3, -0.25) is 4.79 Å². The monoisotopic (exact) mass is 508 g/mol. The molecule has 2 bridgehead atoms. The van der Waals surface area contributed by atoms with E-state index in [0.29, 0.717) is 24.3 Å². The average Bonchev–Trinajstić information content (AvgIpc) is 3.55. The lowest BCUT2D eigenvalue weighted by Crippen LogP contribution is -2.28. The predicted octanol–water partition coefficient (Wildman–Crippen LogP) is 3.93. The molecule has 0 aromatic rings. The van der Waals surface area contributed by atoms with E-state index in [1.807, 2.05) is 0 Å². The van der Waals surface area contributed by atoms with E-state index in [0.717, 1.165) is 0 Å². The van der Waals surface area contributed by atoms with Crippen LogP contribution in [-0.2, 0) is 28.6 Å². The summed E-state index contributed by atoms with van der Waals surface area (Å²) in [4.78, 5) is 42.7. The van der Waals surface area contributed by atoms with Gasteiger partial charge in [-0.2, -0.15) is 0 Å². The lowest BCUT2D eigenvalue weighted by Gasteiger charge is -2.23. The van der Waals surface area contributed by atoms with Crippen LogP contribution in [0.25, 0.3) is 0 Å². The Morgan fingerprint density at radius 3 is 1.64 bits per heavy atom. The van der Waals surface area contributed by atoms with Crippen molar-refractivity contribution in [3.8, 4) is 0 Å². The summed E-state index contributed by atoms with van der Waals surface area (Å²) in [5, 5.41) is 4.90. The maximum absolute atomic E-state index is 10.8. The van der Waals surface area contributed by atoms with E-state index < -0.39 is 18.0 Å². The van der Waals surface area contributed by atoms with Crippen molar-refractivity contribution in [3.05, 3.63) is 24.3 Å². The molecule has 0 radical (unpaired) electrons. The van der Waals surface area contributed by atoms with Crippen LogP contribution in [-0.4, -0.2) is 56.8 Å². The standard InChI is InChI=1S/C10H16.C9H15NO4.C8H13NO3/c1-2-9-7-4-5-8(6-7)10(9)3-1;1-4-13-9(12)10-5-6-14-8(11)7(2)3;1-6(2)8(11)12-5-4-9-7(3)10/h7-10H,1-6H2;2,4-6H2,1,3H3,(H,10,12);1,4-5H2,2-3H3,(H,9,10). The number of carbonyl (C=O) groups excluding carboxylic acids is 4. The van der Waals surface area contributed by atoms with Gasteiger partial charge < -0.3 is 24.8 Å². The zero-order valence-electron chi connectivity index (χ0n) is 22.4. The summed E-state index contributed by atoms with van der Waals surface area (Å²) in [5.41, 5.74) is 0.693. The molecule has 4 atom stereocenters. The molecule has 3 saturated carbocycles. The number of carbonyl (C=O) groups is 4. The Morgan fingerprint density at radius 1 is 0.750 bits per heavy atom. The summed E-state index contributed by atoms with van der Waals surface area (Å²) >= 11 is 0. The third-order valence-electron chi connectivity index (χ3n) is 6.64. The first kappa shape index (κ1) is 31.2. The Labute approximate surface area is 215 Å². The highest BCUT2D eigenvalue weighted by Crippen LogP contribution is 2.58. The van der Waals surface area contributed by atoms with Crippen molar-refractivity contribution < 1.29 is 33.4 Å². The molecule has 3 fully saturated rings. The minimum atomic E-state index is -0.515. The minimum absolute atomic E-state index is 0.116. The van der Waals surface area contributed by atoms with Crippen LogP contribution in [0.5, 0.6) is 0 Å². The molecule has 204 valence electrons. The third kappa shape index (κ3) is 11.7. The summed E-state index contributed by atoms with van der Waals surface area (Å²) in [7, 11) is 0. The number of hydrogen-bond donors (Lipinski definition) is 2. The van der Waals surface area contributed by atoms with Crippen molar-refractivity contribution in [1.29, 1.82) is 0 Å². The SMILES string of the molecule is C1CC2C3CCC(C3)C2C1.C=C(C)C(=O)OCCNC(=O)OCC.C=C(C)C(=O)OCCNC(C)=O. The van der Waals surface area contributed by atoms with Crippen molar-refractivity contribution in [2.24, 2.45) is 23.7 Å². The molecule has 0 spiro atoms. The van der Waals surface area contributed by atoms with Gasteiger partial charge in [-0.1, -0.05) is 19.6 Å². The number of rotatable bonds is 9.